The Bertz CT molecular complexity index is 836. The molecule has 0 aromatic heterocycles. The standard InChI is InChI=1S/C18H22ClFNO4P/c1-4-5-6-13-7-8-15(17(20)16(13)19)25-18-11(2)9-14(10-12(18)3)26(23,24)21-22/h7-10,22H,4-6H2,1-3H3,(H2,21,23,24). The Morgan fingerprint density at radius 1 is 1.27 bits per heavy atom. The first-order chi connectivity index (χ1) is 12.2. The molecule has 0 heterocycles. The minimum Gasteiger partial charge on any atom is -0.454 e. The van der Waals surface area contributed by atoms with Gasteiger partial charge in [-0.25, -0.2) is 4.39 Å². The van der Waals surface area contributed by atoms with E-state index in [1.165, 1.54) is 23.4 Å². The van der Waals surface area contributed by atoms with Gasteiger partial charge in [0.15, 0.2) is 11.6 Å². The van der Waals surface area contributed by atoms with E-state index in [1.807, 2.05) is 0 Å². The molecule has 8 heteroatoms. The lowest BCUT2D eigenvalue weighted by Gasteiger charge is -2.17. The summed E-state index contributed by atoms with van der Waals surface area (Å²) in [4.78, 5) is 9.68. The number of halogens is 2. The molecule has 26 heavy (non-hydrogen) atoms. The van der Waals surface area contributed by atoms with Gasteiger partial charge in [0.25, 0.3) is 0 Å². The Balaban J connectivity index is 2.37. The fourth-order valence-corrected chi connectivity index (χ4v) is 3.75. The van der Waals surface area contributed by atoms with Crippen molar-refractivity contribution in [1.29, 1.82) is 0 Å². The number of unbranched alkanes of at least 4 members (excludes halogenated alkanes) is 1. The van der Waals surface area contributed by atoms with E-state index in [4.69, 9.17) is 21.5 Å². The zero-order valence-corrected chi connectivity index (χ0v) is 16.5. The third-order valence-corrected chi connectivity index (χ3v) is 5.71. The molecule has 1 atom stereocenters. The molecule has 2 aromatic carbocycles. The maximum atomic E-state index is 14.6. The van der Waals surface area contributed by atoms with Crippen LogP contribution in [0.5, 0.6) is 11.5 Å². The summed E-state index contributed by atoms with van der Waals surface area (Å²) in [6.45, 7) is 5.38. The molecule has 0 saturated carbocycles. The third kappa shape index (κ3) is 4.45. The fourth-order valence-electron chi connectivity index (χ4n) is 2.64. The molecular weight excluding hydrogens is 380 g/mol. The van der Waals surface area contributed by atoms with Gasteiger partial charge in [-0.05, 0) is 61.6 Å². The van der Waals surface area contributed by atoms with Crippen LogP contribution in [0.25, 0.3) is 0 Å². The summed E-state index contributed by atoms with van der Waals surface area (Å²) in [5.41, 5.74) is 1.78. The van der Waals surface area contributed by atoms with Crippen molar-refractivity contribution < 1.29 is 23.8 Å². The first-order valence-corrected chi connectivity index (χ1v) is 10.3. The van der Waals surface area contributed by atoms with Crippen LogP contribution in [0.3, 0.4) is 0 Å². The van der Waals surface area contributed by atoms with Crippen molar-refractivity contribution in [3.05, 3.63) is 51.8 Å². The number of rotatable bonds is 7. The van der Waals surface area contributed by atoms with Crippen molar-refractivity contribution in [2.24, 2.45) is 0 Å². The van der Waals surface area contributed by atoms with Crippen molar-refractivity contribution >= 4 is 24.4 Å². The van der Waals surface area contributed by atoms with Crippen molar-refractivity contribution in [1.82, 2.24) is 5.25 Å². The highest BCUT2D eigenvalue weighted by Crippen LogP contribution is 2.38. The Morgan fingerprint density at radius 3 is 2.42 bits per heavy atom. The lowest BCUT2D eigenvalue weighted by molar-refractivity contribution is 0.226. The minimum absolute atomic E-state index is 0.0123. The molecular formula is C18H22ClFNO4P. The smallest absolute Gasteiger partial charge is 0.319 e. The van der Waals surface area contributed by atoms with E-state index in [0.717, 1.165) is 18.4 Å². The van der Waals surface area contributed by atoms with Crippen LogP contribution in [0.15, 0.2) is 24.3 Å². The lowest BCUT2D eigenvalue weighted by Crippen LogP contribution is -2.16. The lowest BCUT2D eigenvalue weighted by atomic mass is 10.1. The zero-order valence-electron chi connectivity index (χ0n) is 14.8. The van der Waals surface area contributed by atoms with Gasteiger partial charge in [0.1, 0.15) is 5.75 Å². The Morgan fingerprint density at radius 2 is 1.88 bits per heavy atom. The van der Waals surface area contributed by atoms with Gasteiger partial charge in [-0.15, -0.1) is 5.25 Å². The molecule has 0 bridgehead atoms. The van der Waals surface area contributed by atoms with Crippen LogP contribution in [0, 0.1) is 19.7 Å². The SMILES string of the molecule is CCCCc1ccc(Oc2c(C)cc(P(=O)(O)NO)cc2C)c(F)c1Cl. The van der Waals surface area contributed by atoms with Crippen LogP contribution in [0.2, 0.25) is 5.02 Å². The van der Waals surface area contributed by atoms with Crippen molar-refractivity contribution in [3.63, 3.8) is 0 Å². The predicted octanol–water partition coefficient (Wildman–Crippen LogP) is 5.02. The first kappa shape index (κ1) is 20.9. The van der Waals surface area contributed by atoms with E-state index in [1.54, 1.807) is 19.9 Å². The Hall–Kier alpha value is -1.43. The van der Waals surface area contributed by atoms with Gasteiger partial charge in [-0.3, -0.25) is 4.57 Å². The van der Waals surface area contributed by atoms with E-state index in [9.17, 15) is 13.8 Å². The first-order valence-electron chi connectivity index (χ1n) is 8.22. The van der Waals surface area contributed by atoms with E-state index >= 15 is 0 Å². The molecule has 2 aromatic rings. The van der Waals surface area contributed by atoms with Crippen molar-refractivity contribution in [2.45, 2.75) is 40.0 Å². The van der Waals surface area contributed by atoms with Crippen LogP contribution in [0.4, 0.5) is 4.39 Å². The monoisotopic (exact) mass is 401 g/mol. The summed E-state index contributed by atoms with van der Waals surface area (Å²) in [7, 11) is -4.06. The number of hydrogen-bond donors (Lipinski definition) is 3. The fraction of sp³-hybridized carbons (Fsp3) is 0.333. The van der Waals surface area contributed by atoms with Crippen LogP contribution < -0.4 is 15.3 Å². The maximum Gasteiger partial charge on any atom is 0.319 e. The molecule has 2 rings (SSSR count). The predicted molar refractivity (Wildman–Crippen MR) is 100 cm³/mol. The molecule has 0 aliphatic heterocycles. The zero-order chi connectivity index (χ0) is 19.5. The quantitative estimate of drug-likeness (QED) is 0.448. The Labute approximate surface area is 157 Å². The van der Waals surface area contributed by atoms with E-state index in [0.29, 0.717) is 23.3 Å². The molecule has 0 saturated heterocycles. The molecule has 0 fully saturated rings. The molecule has 1 unspecified atom stereocenters. The largest absolute Gasteiger partial charge is 0.454 e. The highest BCUT2D eigenvalue weighted by atomic mass is 35.5. The highest BCUT2D eigenvalue weighted by molar-refractivity contribution is 7.63. The molecule has 5 nitrogen and oxygen atoms in total. The van der Waals surface area contributed by atoms with Gasteiger partial charge in [-0.1, -0.05) is 31.0 Å². The second-order valence-electron chi connectivity index (χ2n) is 6.14. The summed E-state index contributed by atoms with van der Waals surface area (Å²) >= 11 is 6.12. The molecule has 0 radical (unpaired) electrons. The number of hydrogen-bond acceptors (Lipinski definition) is 3. The highest BCUT2D eigenvalue weighted by Gasteiger charge is 2.23. The van der Waals surface area contributed by atoms with Crippen LogP contribution >= 0.6 is 19.1 Å². The summed E-state index contributed by atoms with van der Waals surface area (Å²) in [5.74, 6) is -0.280. The molecule has 142 valence electrons. The van der Waals surface area contributed by atoms with Gasteiger partial charge < -0.3 is 14.8 Å². The van der Waals surface area contributed by atoms with Gasteiger partial charge in [0.05, 0.1) is 10.3 Å². The maximum absolute atomic E-state index is 14.6. The van der Waals surface area contributed by atoms with Gasteiger partial charge in [0.2, 0.25) is 0 Å². The molecule has 0 amide bonds. The molecule has 3 N–H and O–H groups in total. The average molecular weight is 402 g/mol. The molecule has 0 spiro atoms. The average Bonchev–Trinajstić information content (AvgIpc) is 2.60. The summed E-state index contributed by atoms with van der Waals surface area (Å²) in [5, 5.41) is 10.3. The van der Waals surface area contributed by atoms with Crippen LogP contribution in [0.1, 0.15) is 36.5 Å². The van der Waals surface area contributed by atoms with Crippen LogP contribution in [-0.2, 0) is 11.0 Å². The van der Waals surface area contributed by atoms with Gasteiger partial charge >= 0.3 is 7.52 Å². The van der Waals surface area contributed by atoms with E-state index in [-0.39, 0.29) is 16.1 Å². The van der Waals surface area contributed by atoms with Crippen molar-refractivity contribution in [3.8, 4) is 11.5 Å². The normalized spacial score (nSPS) is 13.5. The Kier molecular flexibility index (Phi) is 6.83. The second kappa shape index (κ2) is 8.51. The van der Waals surface area contributed by atoms with Crippen LogP contribution in [-0.4, -0.2) is 10.1 Å². The molecule has 0 aliphatic carbocycles. The number of nitrogens with one attached hydrogen (secondary N) is 1. The van der Waals surface area contributed by atoms with E-state index < -0.39 is 13.3 Å². The second-order valence-corrected chi connectivity index (χ2v) is 8.39. The minimum atomic E-state index is -4.06. The van der Waals surface area contributed by atoms with Gasteiger partial charge in [0, 0.05) is 0 Å². The topological polar surface area (TPSA) is 78.8 Å². The molecule has 0 aliphatic rings. The van der Waals surface area contributed by atoms with Gasteiger partial charge in [-0.2, -0.15) is 0 Å². The third-order valence-electron chi connectivity index (χ3n) is 4.07. The summed E-state index contributed by atoms with van der Waals surface area (Å²) < 4.78 is 32.1. The number of benzene rings is 2. The number of ether oxygens (including phenoxy) is 1. The summed E-state index contributed by atoms with van der Waals surface area (Å²) in [6.07, 6.45) is 2.59. The summed E-state index contributed by atoms with van der Waals surface area (Å²) in [6, 6.07) is 6.08. The van der Waals surface area contributed by atoms with Crippen molar-refractivity contribution in [2.75, 3.05) is 0 Å². The number of aryl methyl sites for hydroxylation is 3. The van der Waals surface area contributed by atoms with E-state index in [2.05, 4.69) is 6.92 Å².